The van der Waals surface area contributed by atoms with E-state index in [0.29, 0.717) is 6.54 Å². The van der Waals surface area contributed by atoms with Gasteiger partial charge in [0.05, 0.1) is 18.7 Å². The molecule has 1 aliphatic rings. The van der Waals surface area contributed by atoms with Crippen LogP contribution in [0.15, 0.2) is 23.8 Å². The van der Waals surface area contributed by atoms with E-state index < -0.39 is 0 Å². The molecule has 0 aliphatic carbocycles. The molecule has 0 bridgehead atoms. The van der Waals surface area contributed by atoms with Gasteiger partial charge in [-0.2, -0.15) is 5.10 Å². The zero-order valence-corrected chi connectivity index (χ0v) is 15.3. The summed E-state index contributed by atoms with van der Waals surface area (Å²) in [5.74, 6) is 0.425. The second kappa shape index (κ2) is 7.47. The number of nitrogens with zero attached hydrogens (tertiary/aromatic N) is 3. The topological polar surface area (TPSA) is 50.2 Å². The maximum Gasteiger partial charge on any atom is 0.227 e. The fourth-order valence-corrected chi connectivity index (χ4v) is 4.02. The molecule has 0 aromatic carbocycles. The van der Waals surface area contributed by atoms with Crippen LogP contribution in [0.4, 0.5) is 0 Å². The molecule has 1 saturated heterocycles. The molecule has 2 aromatic heterocycles. The summed E-state index contributed by atoms with van der Waals surface area (Å²) in [4.78, 5) is 16.0. The van der Waals surface area contributed by atoms with Crippen LogP contribution in [-0.4, -0.2) is 40.7 Å². The highest BCUT2D eigenvalue weighted by atomic mass is 35.5. The van der Waals surface area contributed by atoms with Crippen LogP contribution in [0.3, 0.4) is 0 Å². The summed E-state index contributed by atoms with van der Waals surface area (Å²) in [6.07, 6.45) is 3.89. The van der Waals surface area contributed by atoms with E-state index in [0.717, 1.165) is 18.7 Å². The molecule has 0 unspecified atom stereocenters. The Kier molecular flexibility index (Phi) is 5.84. The first-order chi connectivity index (χ1) is 10.6. The normalized spacial score (nSPS) is 20.3. The standard InChI is InChI=1S/C16H22N4OS.ClH/c1-11-4-5-22-15(11)10-19(2)16(21)14-8-17-7-13(14)12-6-18-20(3)9-12;/h4-6,9,13-14,17H,7-8,10H2,1-3H3;1H/t13-,14+;/m1./s1. The lowest BCUT2D eigenvalue weighted by atomic mass is 9.90. The van der Waals surface area contributed by atoms with Gasteiger partial charge in [-0.05, 0) is 29.5 Å². The number of carbonyl (C=O) groups is 1. The van der Waals surface area contributed by atoms with Crippen molar-refractivity contribution in [2.24, 2.45) is 13.0 Å². The Morgan fingerprint density at radius 3 is 2.91 bits per heavy atom. The zero-order chi connectivity index (χ0) is 15.7. The lowest BCUT2D eigenvalue weighted by Gasteiger charge is -2.24. The first-order valence-corrected chi connectivity index (χ1v) is 8.41. The summed E-state index contributed by atoms with van der Waals surface area (Å²) >= 11 is 1.72. The van der Waals surface area contributed by atoms with Gasteiger partial charge in [-0.15, -0.1) is 23.7 Å². The third-order valence-electron chi connectivity index (χ3n) is 4.41. The SMILES string of the molecule is Cc1ccsc1CN(C)C(=O)[C@H]1CNC[C@@H]1c1cnn(C)c1.Cl. The van der Waals surface area contributed by atoms with Gasteiger partial charge < -0.3 is 10.2 Å². The second-order valence-corrected chi connectivity index (χ2v) is 7.04. The Balaban J connectivity index is 0.00000192. The van der Waals surface area contributed by atoms with Gasteiger partial charge in [-0.3, -0.25) is 9.48 Å². The average Bonchev–Trinajstić information content (AvgIpc) is 3.20. The maximum atomic E-state index is 12.8. The predicted octanol–water partition coefficient (Wildman–Crippen LogP) is 2.17. The molecule has 0 radical (unpaired) electrons. The number of thiophene rings is 1. The number of nitrogens with one attached hydrogen (secondary N) is 1. The van der Waals surface area contributed by atoms with Crippen LogP contribution in [-0.2, 0) is 18.4 Å². The van der Waals surface area contributed by atoms with Crippen molar-refractivity contribution in [3.05, 3.63) is 39.8 Å². The van der Waals surface area contributed by atoms with Gasteiger partial charge >= 0.3 is 0 Å². The summed E-state index contributed by atoms with van der Waals surface area (Å²) in [5.41, 5.74) is 2.41. The van der Waals surface area contributed by atoms with Crippen LogP contribution in [0.2, 0.25) is 0 Å². The molecule has 1 amide bonds. The number of carbonyl (C=O) groups excluding carboxylic acids is 1. The molecule has 2 aromatic rings. The molecular weight excluding hydrogens is 332 g/mol. The van der Waals surface area contributed by atoms with E-state index in [2.05, 4.69) is 28.8 Å². The van der Waals surface area contributed by atoms with Crippen molar-refractivity contribution in [3.8, 4) is 0 Å². The van der Waals surface area contributed by atoms with Crippen molar-refractivity contribution in [3.63, 3.8) is 0 Å². The number of hydrogen-bond donors (Lipinski definition) is 1. The van der Waals surface area contributed by atoms with Gasteiger partial charge in [0.15, 0.2) is 0 Å². The molecule has 2 atom stereocenters. The van der Waals surface area contributed by atoms with Crippen molar-refractivity contribution in [1.29, 1.82) is 0 Å². The molecule has 1 aliphatic heterocycles. The molecule has 126 valence electrons. The van der Waals surface area contributed by atoms with Crippen molar-refractivity contribution in [1.82, 2.24) is 20.0 Å². The van der Waals surface area contributed by atoms with Crippen LogP contribution in [0.5, 0.6) is 0 Å². The molecule has 3 heterocycles. The molecular formula is C16H23ClN4OS. The Labute approximate surface area is 147 Å². The van der Waals surface area contributed by atoms with E-state index >= 15 is 0 Å². The number of aryl methyl sites for hydroxylation is 2. The number of amides is 1. The molecule has 5 nitrogen and oxygen atoms in total. The van der Waals surface area contributed by atoms with Crippen molar-refractivity contribution >= 4 is 29.7 Å². The smallest absolute Gasteiger partial charge is 0.227 e. The van der Waals surface area contributed by atoms with E-state index in [-0.39, 0.29) is 30.2 Å². The summed E-state index contributed by atoms with van der Waals surface area (Å²) in [6, 6.07) is 2.11. The Bertz CT molecular complexity index is 669. The van der Waals surface area contributed by atoms with Crippen LogP contribution in [0, 0.1) is 12.8 Å². The minimum Gasteiger partial charge on any atom is -0.340 e. The van der Waals surface area contributed by atoms with Gasteiger partial charge in [-0.25, -0.2) is 0 Å². The first-order valence-electron chi connectivity index (χ1n) is 7.53. The average molecular weight is 355 g/mol. The van der Waals surface area contributed by atoms with Gasteiger partial charge in [0, 0.05) is 44.2 Å². The van der Waals surface area contributed by atoms with Crippen LogP contribution in [0.25, 0.3) is 0 Å². The van der Waals surface area contributed by atoms with Crippen LogP contribution >= 0.6 is 23.7 Å². The zero-order valence-electron chi connectivity index (χ0n) is 13.7. The van der Waals surface area contributed by atoms with Crippen molar-refractivity contribution < 1.29 is 4.79 Å². The highest BCUT2D eigenvalue weighted by Crippen LogP contribution is 2.29. The molecule has 7 heteroatoms. The van der Waals surface area contributed by atoms with Gasteiger partial charge in [0.2, 0.25) is 5.91 Å². The summed E-state index contributed by atoms with van der Waals surface area (Å²) in [5, 5.41) is 9.67. The van der Waals surface area contributed by atoms with Crippen molar-refractivity contribution in [2.75, 3.05) is 20.1 Å². The van der Waals surface area contributed by atoms with E-state index in [1.165, 1.54) is 10.4 Å². The van der Waals surface area contributed by atoms with Gasteiger partial charge in [-0.1, -0.05) is 0 Å². The summed E-state index contributed by atoms with van der Waals surface area (Å²) in [6.45, 7) is 4.37. The largest absolute Gasteiger partial charge is 0.340 e. The number of rotatable bonds is 4. The Hall–Kier alpha value is -1.37. The van der Waals surface area contributed by atoms with Crippen molar-refractivity contribution in [2.45, 2.75) is 19.4 Å². The summed E-state index contributed by atoms with van der Waals surface area (Å²) < 4.78 is 1.80. The second-order valence-electron chi connectivity index (χ2n) is 6.04. The molecule has 3 rings (SSSR count). The highest BCUT2D eigenvalue weighted by Gasteiger charge is 2.36. The quantitative estimate of drug-likeness (QED) is 0.915. The minimum absolute atomic E-state index is 0. The monoisotopic (exact) mass is 354 g/mol. The number of aromatic nitrogens is 2. The predicted molar refractivity (Wildman–Crippen MR) is 95.1 cm³/mol. The van der Waals surface area contributed by atoms with Gasteiger partial charge in [0.25, 0.3) is 0 Å². The molecule has 1 fully saturated rings. The van der Waals surface area contributed by atoms with Gasteiger partial charge in [0.1, 0.15) is 0 Å². The number of halogens is 1. The fourth-order valence-electron chi connectivity index (χ4n) is 3.06. The maximum absolute atomic E-state index is 12.8. The van der Waals surface area contributed by atoms with E-state index in [4.69, 9.17) is 0 Å². The third kappa shape index (κ3) is 3.76. The highest BCUT2D eigenvalue weighted by molar-refractivity contribution is 7.10. The lowest BCUT2D eigenvalue weighted by molar-refractivity contribution is -0.134. The minimum atomic E-state index is -0.00512. The first kappa shape index (κ1) is 18.0. The van der Waals surface area contributed by atoms with E-state index in [1.54, 1.807) is 16.0 Å². The Morgan fingerprint density at radius 1 is 1.52 bits per heavy atom. The summed E-state index contributed by atoms with van der Waals surface area (Å²) in [7, 11) is 3.81. The van der Waals surface area contributed by atoms with E-state index in [1.807, 2.05) is 31.4 Å². The molecule has 0 saturated carbocycles. The number of hydrogen-bond acceptors (Lipinski definition) is 4. The van der Waals surface area contributed by atoms with Crippen LogP contribution in [0.1, 0.15) is 21.9 Å². The lowest BCUT2D eigenvalue weighted by Crippen LogP contribution is -2.35. The molecule has 1 N–H and O–H groups in total. The third-order valence-corrected chi connectivity index (χ3v) is 5.42. The molecule has 23 heavy (non-hydrogen) atoms. The fraction of sp³-hybridized carbons (Fsp3) is 0.500. The molecule has 0 spiro atoms. The Morgan fingerprint density at radius 2 is 2.30 bits per heavy atom. The van der Waals surface area contributed by atoms with E-state index in [9.17, 15) is 4.79 Å². The van der Waals surface area contributed by atoms with Crippen LogP contribution < -0.4 is 5.32 Å².